The van der Waals surface area contributed by atoms with Gasteiger partial charge in [0.15, 0.2) is 0 Å². The van der Waals surface area contributed by atoms with Crippen LogP contribution in [0.1, 0.15) is 11.1 Å². The molecular weight excluding hydrogens is 286 g/mol. The van der Waals surface area contributed by atoms with Crippen LogP contribution in [0, 0.1) is 0 Å². The van der Waals surface area contributed by atoms with E-state index >= 15 is 0 Å². The topological polar surface area (TPSA) is 36.4 Å². The Kier molecular flexibility index (Phi) is 5.37. The number of carbonyl (C=O) groups excluding carboxylic acids is 1. The molecule has 0 unspecified atom stereocenters. The third kappa shape index (κ3) is 4.63. The molecule has 4 nitrogen and oxygen atoms in total. The summed E-state index contributed by atoms with van der Waals surface area (Å²) in [4.78, 5) is 20.8. The van der Waals surface area contributed by atoms with Crippen LogP contribution in [0.25, 0.3) is 0 Å². The van der Waals surface area contributed by atoms with E-state index in [1.165, 1.54) is 5.56 Å². The minimum atomic E-state index is 0.221. The average molecular weight is 309 g/mol. The van der Waals surface area contributed by atoms with Crippen LogP contribution in [0.2, 0.25) is 0 Å². The second kappa shape index (κ2) is 7.88. The van der Waals surface area contributed by atoms with Gasteiger partial charge < -0.3 is 4.90 Å². The van der Waals surface area contributed by atoms with E-state index in [0.29, 0.717) is 6.42 Å². The Morgan fingerprint density at radius 2 is 1.61 bits per heavy atom. The Hall–Kier alpha value is -2.20. The molecule has 120 valence electrons. The van der Waals surface area contributed by atoms with Gasteiger partial charge in [0.1, 0.15) is 0 Å². The maximum absolute atomic E-state index is 12.3. The van der Waals surface area contributed by atoms with E-state index in [4.69, 9.17) is 0 Å². The van der Waals surface area contributed by atoms with E-state index in [-0.39, 0.29) is 5.91 Å². The van der Waals surface area contributed by atoms with E-state index < -0.39 is 0 Å². The summed E-state index contributed by atoms with van der Waals surface area (Å²) in [5, 5.41) is 0. The number of amides is 1. The van der Waals surface area contributed by atoms with Gasteiger partial charge in [0.25, 0.3) is 0 Å². The highest BCUT2D eigenvalue weighted by molar-refractivity contribution is 5.78. The normalized spacial score (nSPS) is 15.6. The third-order valence-corrected chi connectivity index (χ3v) is 4.39. The van der Waals surface area contributed by atoms with Gasteiger partial charge in [0.2, 0.25) is 5.91 Å². The zero-order valence-corrected chi connectivity index (χ0v) is 13.4. The molecule has 1 aromatic heterocycles. The second-order valence-electron chi connectivity index (χ2n) is 5.99. The van der Waals surface area contributed by atoms with Crippen molar-refractivity contribution in [2.45, 2.75) is 12.8 Å². The number of benzene rings is 1. The van der Waals surface area contributed by atoms with Crippen LogP contribution in [0.3, 0.4) is 0 Å². The summed E-state index contributed by atoms with van der Waals surface area (Å²) in [5.41, 5.74) is 2.42. The predicted molar refractivity (Wildman–Crippen MR) is 91.1 cm³/mol. The van der Waals surface area contributed by atoms with Gasteiger partial charge in [-0.2, -0.15) is 0 Å². The standard InChI is InChI=1S/C19H23N3O/c23-19(16-18-6-9-20-10-7-18)22-14-12-21(13-15-22)11-8-17-4-2-1-3-5-17/h1-7,9-10H,8,11-16H2. The smallest absolute Gasteiger partial charge is 0.227 e. The van der Waals surface area contributed by atoms with Crippen LogP contribution < -0.4 is 0 Å². The van der Waals surface area contributed by atoms with Gasteiger partial charge in [0, 0.05) is 45.1 Å². The predicted octanol–water partition coefficient (Wildman–Crippen LogP) is 2.01. The Balaban J connectivity index is 1.42. The summed E-state index contributed by atoms with van der Waals surface area (Å²) in [7, 11) is 0. The molecule has 0 N–H and O–H groups in total. The van der Waals surface area contributed by atoms with Gasteiger partial charge in [-0.15, -0.1) is 0 Å². The van der Waals surface area contributed by atoms with Crippen LogP contribution in [-0.2, 0) is 17.6 Å². The first-order chi connectivity index (χ1) is 11.3. The van der Waals surface area contributed by atoms with Crippen molar-refractivity contribution in [2.75, 3.05) is 32.7 Å². The van der Waals surface area contributed by atoms with Crippen LogP contribution in [0.5, 0.6) is 0 Å². The first-order valence-electron chi connectivity index (χ1n) is 8.24. The van der Waals surface area contributed by atoms with Gasteiger partial charge >= 0.3 is 0 Å². The number of nitrogens with zero attached hydrogens (tertiary/aromatic N) is 3. The van der Waals surface area contributed by atoms with Gasteiger partial charge in [0.05, 0.1) is 6.42 Å². The van der Waals surface area contributed by atoms with E-state index in [1.54, 1.807) is 12.4 Å². The number of hydrogen-bond acceptors (Lipinski definition) is 3. The Morgan fingerprint density at radius 3 is 2.30 bits per heavy atom. The summed E-state index contributed by atoms with van der Waals surface area (Å²) >= 11 is 0. The lowest BCUT2D eigenvalue weighted by molar-refractivity contribution is -0.132. The number of piperazine rings is 1. The first kappa shape index (κ1) is 15.7. The Labute approximate surface area is 137 Å². The van der Waals surface area contributed by atoms with Crippen LogP contribution in [0.4, 0.5) is 0 Å². The molecule has 1 saturated heterocycles. The van der Waals surface area contributed by atoms with Crippen molar-refractivity contribution in [3.63, 3.8) is 0 Å². The Bertz CT molecular complexity index is 607. The molecule has 0 radical (unpaired) electrons. The molecule has 1 aliphatic rings. The summed E-state index contributed by atoms with van der Waals surface area (Å²) in [6, 6.07) is 14.4. The van der Waals surface area contributed by atoms with Crippen LogP contribution in [-0.4, -0.2) is 53.4 Å². The van der Waals surface area contributed by atoms with E-state index in [0.717, 1.165) is 44.7 Å². The molecule has 0 saturated carbocycles. The Morgan fingerprint density at radius 1 is 0.913 bits per heavy atom. The van der Waals surface area contributed by atoms with E-state index in [2.05, 4.69) is 40.2 Å². The average Bonchev–Trinajstić information content (AvgIpc) is 2.62. The summed E-state index contributed by atoms with van der Waals surface area (Å²) in [6.07, 6.45) is 5.03. The minimum Gasteiger partial charge on any atom is -0.340 e. The second-order valence-corrected chi connectivity index (χ2v) is 5.99. The monoisotopic (exact) mass is 309 g/mol. The molecule has 4 heteroatoms. The minimum absolute atomic E-state index is 0.221. The molecule has 2 heterocycles. The maximum Gasteiger partial charge on any atom is 0.227 e. The fourth-order valence-electron chi connectivity index (χ4n) is 2.94. The zero-order valence-electron chi connectivity index (χ0n) is 13.4. The molecule has 0 aliphatic carbocycles. The highest BCUT2D eigenvalue weighted by Gasteiger charge is 2.20. The molecule has 1 aliphatic heterocycles. The highest BCUT2D eigenvalue weighted by atomic mass is 16.2. The molecule has 0 bridgehead atoms. The van der Waals surface area contributed by atoms with Gasteiger partial charge in [-0.05, 0) is 29.7 Å². The van der Waals surface area contributed by atoms with Crippen molar-refractivity contribution >= 4 is 5.91 Å². The largest absolute Gasteiger partial charge is 0.340 e. The quantitative estimate of drug-likeness (QED) is 0.848. The van der Waals surface area contributed by atoms with Crippen molar-refractivity contribution < 1.29 is 4.79 Å². The van der Waals surface area contributed by atoms with Gasteiger partial charge in [-0.25, -0.2) is 0 Å². The van der Waals surface area contributed by atoms with E-state index in [1.807, 2.05) is 17.0 Å². The number of hydrogen-bond donors (Lipinski definition) is 0. The number of rotatable bonds is 5. The molecule has 1 amide bonds. The van der Waals surface area contributed by atoms with Gasteiger partial charge in [-0.1, -0.05) is 30.3 Å². The summed E-state index contributed by atoms with van der Waals surface area (Å²) < 4.78 is 0. The number of pyridine rings is 1. The lowest BCUT2D eigenvalue weighted by Crippen LogP contribution is -2.49. The highest BCUT2D eigenvalue weighted by Crippen LogP contribution is 2.08. The molecule has 1 aromatic carbocycles. The first-order valence-corrected chi connectivity index (χ1v) is 8.24. The van der Waals surface area contributed by atoms with Crippen LogP contribution >= 0.6 is 0 Å². The van der Waals surface area contributed by atoms with Crippen LogP contribution in [0.15, 0.2) is 54.9 Å². The van der Waals surface area contributed by atoms with Crippen molar-refractivity contribution in [3.05, 3.63) is 66.0 Å². The number of aromatic nitrogens is 1. The van der Waals surface area contributed by atoms with Crippen molar-refractivity contribution in [1.82, 2.24) is 14.8 Å². The molecule has 0 atom stereocenters. The van der Waals surface area contributed by atoms with Crippen molar-refractivity contribution in [3.8, 4) is 0 Å². The van der Waals surface area contributed by atoms with Gasteiger partial charge in [-0.3, -0.25) is 14.7 Å². The summed E-state index contributed by atoms with van der Waals surface area (Å²) in [6.45, 7) is 4.66. The number of carbonyl (C=O) groups is 1. The van der Waals surface area contributed by atoms with E-state index in [9.17, 15) is 4.79 Å². The lowest BCUT2D eigenvalue weighted by Gasteiger charge is -2.34. The third-order valence-electron chi connectivity index (χ3n) is 4.39. The van der Waals surface area contributed by atoms with Crippen molar-refractivity contribution in [1.29, 1.82) is 0 Å². The fourth-order valence-corrected chi connectivity index (χ4v) is 2.94. The lowest BCUT2D eigenvalue weighted by atomic mass is 10.1. The molecule has 2 aromatic rings. The molecular formula is C19H23N3O. The molecule has 23 heavy (non-hydrogen) atoms. The zero-order chi connectivity index (χ0) is 15.9. The molecule has 0 spiro atoms. The fraction of sp³-hybridized carbons (Fsp3) is 0.368. The SMILES string of the molecule is O=C(Cc1ccncc1)N1CCN(CCc2ccccc2)CC1. The van der Waals surface area contributed by atoms with Crippen molar-refractivity contribution in [2.24, 2.45) is 0 Å². The molecule has 3 rings (SSSR count). The maximum atomic E-state index is 12.3. The molecule has 1 fully saturated rings. The summed E-state index contributed by atoms with van der Waals surface area (Å²) in [5.74, 6) is 0.221.